The van der Waals surface area contributed by atoms with Crippen molar-refractivity contribution in [3.8, 4) is 0 Å². The van der Waals surface area contributed by atoms with Crippen LogP contribution >= 0.6 is 0 Å². The number of hydrogen-bond donors (Lipinski definition) is 0. The lowest BCUT2D eigenvalue weighted by molar-refractivity contribution is -0.127. The standard InChI is InChI=1S/C27H26O2/c28-26(22-15-8-3-9-16-22)19-25(21-13-6-2-7-14-21)24-18-10-17-23(27(24)29)20-11-4-1-5-12-20/h1-9,11-16,23-25H,10,17-19H2/t23-,24-,25-/m1/s1. The van der Waals surface area contributed by atoms with Crippen LogP contribution in [0.15, 0.2) is 91.0 Å². The first-order valence-electron chi connectivity index (χ1n) is 10.5. The van der Waals surface area contributed by atoms with Gasteiger partial charge in [-0.1, -0.05) is 97.4 Å². The van der Waals surface area contributed by atoms with Gasteiger partial charge in [0.1, 0.15) is 5.78 Å². The molecule has 146 valence electrons. The Morgan fingerprint density at radius 3 is 2.03 bits per heavy atom. The van der Waals surface area contributed by atoms with Crippen LogP contribution in [0, 0.1) is 5.92 Å². The van der Waals surface area contributed by atoms with Gasteiger partial charge in [0.05, 0.1) is 0 Å². The molecule has 3 atom stereocenters. The van der Waals surface area contributed by atoms with Crippen LogP contribution in [0.1, 0.15) is 59.0 Å². The van der Waals surface area contributed by atoms with Gasteiger partial charge in [-0.15, -0.1) is 0 Å². The molecule has 0 N–H and O–H groups in total. The van der Waals surface area contributed by atoms with Crippen molar-refractivity contribution in [2.75, 3.05) is 0 Å². The second-order valence-corrected chi connectivity index (χ2v) is 7.91. The van der Waals surface area contributed by atoms with E-state index in [9.17, 15) is 9.59 Å². The molecule has 0 spiro atoms. The molecule has 0 aromatic heterocycles. The summed E-state index contributed by atoms with van der Waals surface area (Å²) in [5, 5.41) is 0. The van der Waals surface area contributed by atoms with Crippen molar-refractivity contribution in [3.63, 3.8) is 0 Å². The first-order valence-corrected chi connectivity index (χ1v) is 10.5. The van der Waals surface area contributed by atoms with Crippen molar-refractivity contribution >= 4 is 11.6 Å². The fourth-order valence-electron chi connectivity index (χ4n) is 4.63. The van der Waals surface area contributed by atoms with Gasteiger partial charge in [0.2, 0.25) is 0 Å². The van der Waals surface area contributed by atoms with Crippen LogP contribution in [0.4, 0.5) is 0 Å². The van der Waals surface area contributed by atoms with E-state index in [1.165, 1.54) is 0 Å². The summed E-state index contributed by atoms with van der Waals surface area (Å²) in [6.45, 7) is 0. The van der Waals surface area contributed by atoms with Gasteiger partial charge in [-0.25, -0.2) is 0 Å². The molecular weight excluding hydrogens is 356 g/mol. The summed E-state index contributed by atoms with van der Waals surface area (Å²) in [5.74, 6) is 0.131. The molecule has 1 aliphatic rings. The lowest BCUT2D eigenvalue weighted by Gasteiger charge is -2.33. The topological polar surface area (TPSA) is 34.1 Å². The van der Waals surface area contributed by atoms with Crippen molar-refractivity contribution in [3.05, 3.63) is 108 Å². The first kappa shape index (κ1) is 19.3. The second-order valence-electron chi connectivity index (χ2n) is 7.91. The van der Waals surface area contributed by atoms with Gasteiger partial charge in [-0.2, -0.15) is 0 Å². The van der Waals surface area contributed by atoms with Gasteiger partial charge < -0.3 is 0 Å². The largest absolute Gasteiger partial charge is 0.299 e. The maximum absolute atomic E-state index is 13.5. The minimum atomic E-state index is -0.121. The molecule has 1 saturated carbocycles. The summed E-state index contributed by atoms with van der Waals surface area (Å²) in [4.78, 5) is 26.6. The molecule has 3 aromatic rings. The molecular formula is C27H26O2. The number of carbonyl (C=O) groups is 2. The van der Waals surface area contributed by atoms with Crippen LogP contribution in [-0.4, -0.2) is 11.6 Å². The van der Waals surface area contributed by atoms with E-state index in [0.717, 1.165) is 36.0 Å². The minimum Gasteiger partial charge on any atom is -0.299 e. The fourth-order valence-corrected chi connectivity index (χ4v) is 4.63. The van der Waals surface area contributed by atoms with E-state index in [2.05, 4.69) is 24.3 Å². The zero-order valence-electron chi connectivity index (χ0n) is 16.5. The summed E-state index contributed by atoms with van der Waals surface area (Å²) < 4.78 is 0. The molecule has 0 unspecified atom stereocenters. The molecule has 1 fully saturated rings. The molecule has 0 radical (unpaired) electrons. The molecule has 0 heterocycles. The quantitative estimate of drug-likeness (QED) is 0.476. The van der Waals surface area contributed by atoms with Crippen LogP contribution < -0.4 is 0 Å². The highest BCUT2D eigenvalue weighted by Gasteiger charge is 2.38. The lowest BCUT2D eigenvalue weighted by Crippen LogP contribution is -2.32. The average Bonchev–Trinajstić information content (AvgIpc) is 2.79. The number of ketones is 2. The Kier molecular flexibility index (Phi) is 6.00. The monoisotopic (exact) mass is 382 g/mol. The Bertz CT molecular complexity index is 948. The fraction of sp³-hybridized carbons (Fsp3) is 0.259. The molecule has 3 aromatic carbocycles. The van der Waals surface area contributed by atoms with Crippen molar-refractivity contribution in [1.29, 1.82) is 0 Å². The summed E-state index contributed by atoms with van der Waals surface area (Å²) in [6, 6.07) is 29.6. The van der Waals surface area contributed by atoms with Crippen molar-refractivity contribution < 1.29 is 9.59 Å². The summed E-state index contributed by atoms with van der Waals surface area (Å²) in [6.07, 6.45) is 3.13. The predicted molar refractivity (Wildman–Crippen MR) is 116 cm³/mol. The van der Waals surface area contributed by atoms with Crippen LogP contribution in [0.2, 0.25) is 0 Å². The lowest BCUT2D eigenvalue weighted by atomic mass is 9.68. The number of hydrogen-bond acceptors (Lipinski definition) is 2. The highest BCUT2D eigenvalue weighted by atomic mass is 16.1. The SMILES string of the molecule is O=C(C[C@H](c1ccccc1)[C@H]1CCC[C@H](c2ccccc2)C1=O)c1ccccc1. The maximum atomic E-state index is 13.5. The predicted octanol–water partition coefficient (Wildman–Crippen LogP) is 6.20. The number of Topliss-reactive ketones (excluding diaryl/α,β-unsaturated/α-hetero) is 2. The number of benzene rings is 3. The van der Waals surface area contributed by atoms with E-state index >= 15 is 0 Å². The van der Waals surface area contributed by atoms with Gasteiger partial charge in [0, 0.05) is 29.7 Å². The van der Waals surface area contributed by atoms with Crippen LogP contribution in [-0.2, 0) is 4.79 Å². The minimum absolute atomic E-state index is 0.0620. The van der Waals surface area contributed by atoms with E-state index in [1.54, 1.807) is 0 Å². The molecule has 0 saturated heterocycles. The highest BCUT2D eigenvalue weighted by Crippen LogP contribution is 2.42. The summed E-state index contributed by atoms with van der Waals surface area (Å²) in [7, 11) is 0. The molecule has 4 rings (SSSR count). The molecule has 1 aliphatic carbocycles. The Balaban J connectivity index is 1.64. The van der Waals surface area contributed by atoms with Crippen LogP contribution in [0.25, 0.3) is 0 Å². The molecule has 0 amide bonds. The Morgan fingerprint density at radius 2 is 1.38 bits per heavy atom. The molecule has 0 aliphatic heterocycles. The van der Waals surface area contributed by atoms with E-state index in [0.29, 0.717) is 6.42 Å². The third kappa shape index (κ3) is 4.37. The zero-order chi connectivity index (χ0) is 20.1. The third-order valence-electron chi connectivity index (χ3n) is 6.13. The third-order valence-corrected chi connectivity index (χ3v) is 6.13. The summed E-state index contributed by atoms with van der Waals surface area (Å²) in [5.41, 5.74) is 2.91. The molecule has 2 heteroatoms. The highest BCUT2D eigenvalue weighted by molar-refractivity contribution is 5.97. The smallest absolute Gasteiger partial charge is 0.163 e. The maximum Gasteiger partial charge on any atom is 0.163 e. The van der Waals surface area contributed by atoms with Gasteiger partial charge in [-0.05, 0) is 24.0 Å². The second kappa shape index (κ2) is 9.00. The van der Waals surface area contributed by atoms with Crippen LogP contribution in [0.3, 0.4) is 0 Å². The van der Waals surface area contributed by atoms with Crippen molar-refractivity contribution in [2.45, 2.75) is 37.5 Å². The Morgan fingerprint density at radius 1 is 0.793 bits per heavy atom. The number of carbonyl (C=O) groups excluding carboxylic acids is 2. The Hall–Kier alpha value is -3.00. The number of rotatable bonds is 6. The molecule has 0 bridgehead atoms. The van der Waals surface area contributed by atoms with Gasteiger partial charge in [-0.3, -0.25) is 9.59 Å². The molecule has 2 nitrogen and oxygen atoms in total. The molecule has 29 heavy (non-hydrogen) atoms. The van der Waals surface area contributed by atoms with Crippen LogP contribution in [0.5, 0.6) is 0 Å². The van der Waals surface area contributed by atoms with E-state index < -0.39 is 0 Å². The Labute approximate surface area is 172 Å². The van der Waals surface area contributed by atoms with Gasteiger partial charge >= 0.3 is 0 Å². The van der Waals surface area contributed by atoms with E-state index in [4.69, 9.17) is 0 Å². The average molecular weight is 383 g/mol. The van der Waals surface area contributed by atoms with Gasteiger partial charge in [0.15, 0.2) is 5.78 Å². The van der Waals surface area contributed by atoms with Crippen molar-refractivity contribution in [1.82, 2.24) is 0 Å². The van der Waals surface area contributed by atoms with E-state index in [1.807, 2.05) is 66.7 Å². The zero-order valence-corrected chi connectivity index (χ0v) is 16.5. The van der Waals surface area contributed by atoms with Crippen molar-refractivity contribution in [2.24, 2.45) is 5.92 Å². The summed E-state index contributed by atoms with van der Waals surface area (Å²) >= 11 is 0. The normalized spacial score (nSPS) is 20.2. The van der Waals surface area contributed by atoms with E-state index in [-0.39, 0.29) is 29.3 Å². The van der Waals surface area contributed by atoms with Gasteiger partial charge in [0.25, 0.3) is 0 Å². The first-order chi connectivity index (χ1) is 14.2.